The summed E-state index contributed by atoms with van der Waals surface area (Å²) in [6.07, 6.45) is 1.93. The number of carbonyl (C=O) groups excluding carboxylic acids is 1. The van der Waals surface area contributed by atoms with Crippen molar-refractivity contribution in [2.45, 2.75) is 13.3 Å². The largest absolute Gasteiger partial charge is 0.462 e. The van der Waals surface area contributed by atoms with Crippen LogP contribution < -0.4 is 10.6 Å². The molecule has 0 spiro atoms. The van der Waals surface area contributed by atoms with Gasteiger partial charge in [-0.1, -0.05) is 30.3 Å². The number of rotatable bonds is 8. The number of halogens is 1. The van der Waals surface area contributed by atoms with Crippen LogP contribution in [0.4, 0.5) is 21.8 Å². The molecule has 28 heavy (non-hydrogen) atoms. The lowest BCUT2D eigenvalue weighted by molar-refractivity contribution is 0.0527. The van der Waals surface area contributed by atoms with Crippen LogP contribution in [0.15, 0.2) is 54.7 Å². The van der Waals surface area contributed by atoms with Crippen molar-refractivity contribution in [1.82, 2.24) is 15.2 Å². The minimum atomic E-state index is -0.421. The Morgan fingerprint density at radius 2 is 1.93 bits per heavy atom. The number of aromatic nitrogens is 3. The number of esters is 1. The van der Waals surface area contributed by atoms with Gasteiger partial charge in [0.1, 0.15) is 5.82 Å². The lowest BCUT2D eigenvalue weighted by atomic mass is 10.1. The number of nitrogens with one attached hydrogen (secondary N) is 2. The number of ether oxygens (including phenoxy) is 1. The maximum atomic E-state index is 13.7. The van der Waals surface area contributed by atoms with E-state index in [0.29, 0.717) is 41.5 Å². The predicted molar refractivity (Wildman–Crippen MR) is 104 cm³/mol. The summed E-state index contributed by atoms with van der Waals surface area (Å²) in [4.78, 5) is 16.4. The third-order valence-electron chi connectivity index (χ3n) is 3.88. The molecule has 0 radical (unpaired) electrons. The molecule has 0 atom stereocenters. The van der Waals surface area contributed by atoms with Crippen LogP contribution in [-0.4, -0.2) is 34.3 Å². The molecule has 0 saturated heterocycles. The average molecular weight is 381 g/mol. The molecular weight excluding hydrogens is 361 g/mol. The molecule has 0 bridgehead atoms. The quantitative estimate of drug-likeness (QED) is 0.577. The zero-order chi connectivity index (χ0) is 19.8. The highest BCUT2D eigenvalue weighted by molar-refractivity contribution is 5.96. The second-order valence-electron chi connectivity index (χ2n) is 5.82. The van der Waals surface area contributed by atoms with Gasteiger partial charge in [-0.05, 0) is 37.1 Å². The van der Waals surface area contributed by atoms with Crippen molar-refractivity contribution in [1.29, 1.82) is 0 Å². The fraction of sp³-hybridized carbons (Fsp3) is 0.200. The molecule has 0 aliphatic carbocycles. The molecule has 0 fully saturated rings. The topological polar surface area (TPSA) is 89.0 Å². The molecule has 0 aliphatic rings. The molecular formula is C20H20FN5O2. The lowest BCUT2D eigenvalue weighted by Crippen LogP contribution is -2.11. The second-order valence-corrected chi connectivity index (χ2v) is 5.82. The first kappa shape index (κ1) is 19.2. The van der Waals surface area contributed by atoms with Gasteiger partial charge in [0.25, 0.3) is 0 Å². The van der Waals surface area contributed by atoms with E-state index in [2.05, 4.69) is 25.8 Å². The Labute approximate surface area is 162 Å². The van der Waals surface area contributed by atoms with Crippen molar-refractivity contribution in [3.63, 3.8) is 0 Å². The van der Waals surface area contributed by atoms with Crippen molar-refractivity contribution < 1.29 is 13.9 Å². The van der Waals surface area contributed by atoms with E-state index in [9.17, 15) is 9.18 Å². The number of anilines is 3. The molecule has 1 aromatic heterocycles. The van der Waals surface area contributed by atoms with Gasteiger partial charge in [-0.15, -0.1) is 5.10 Å². The van der Waals surface area contributed by atoms with Crippen LogP contribution in [0.5, 0.6) is 0 Å². The standard InChI is InChI=1S/C20H20FN5O2/c1-2-28-19(27)15-8-4-6-10-17(15)24-18-13-23-26-20(25-18)22-12-11-14-7-3-5-9-16(14)21/h3-10,13H,2,11-12H2,1H3,(H2,22,24,25,26). The Bertz CT molecular complexity index is 951. The smallest absolute Gasteiger partial charge is 0.340 e. The Kier molecular flexibility index (Phi) is 6.46. The molecule has 0 saturated carbocycles. The van der Waals surface area contributed by atoms with E-state index in [1.807, 2.05) is 0 Å². The zero-order valence-electron chi connectivity index (χ0n) is 15.4. The molecule has 144 valence electrons. The van der Waals surface area contributed by atoms with Gasteiger partial charge < -0.3 is 15.4 Å². The highest BCUT2D eigenvalue weighted by Crippen LogP contribution is 2.20. The molecule has 2 aromatic carbocycles. The van der Waals surface area contributed by atoms with E-state index in [-0.39, 0.29) is 12.4 Å². The number of hydrogen-bond donors (Lipinski definition) is 2. The zero-order valence-corrected chi connectivity index (χ0v) is 15.4. The highest BCUT2D eigenvalue weighted by Gasteiger charge is 2.12. The summed E-state index contributed by atoms with van der Waals surface area (Å²) >= 11 is 0. The SMILES string of the molecule is CCOC(=O)c1ccccc1Nc1cnnc(NCCc2ccccc2F)n1. The predicted octanol–water partition coefficient (Wildman–Crippen LogP) is 3.59. The Balaban J connectivity index is 1.66. The summed E-state index contributed by atoms with van der Waals surface area (Å²) in [6.45, 7) is 2.49. The summed E-state index contributed by atoms with van der Waals surface area (Å²) < 4.78 is 18.7. The normalized spacial score (nSPS) is 10.4. The molecule has 3 aromatic rings. The molecule has 0 amide bonds. The third kappa shape index (κ3) is 5.00. The maximum absolute atomic E-state index is 13.7. The first-order valence-electron chi connectivity index (χ1n) is 8.87. The Morgan fingerprint density at radius 1 is 1.14 bits per heavy atom. The van der Waals surface area contributed by atoms with Crippen molar-refractivity contribution in [3.8, 4) is 0 Å². The number of benzene rings is 2. The van der Waals surface area contributed by atoms with E-state index in [1.165, 1.54) is 12.3 Å². The Hall–Kier alpha value is -3.55. The van der Waals surface area contributed by atoms with Gasteiger partial charge in [-0.25, -0.2) is 9.18 Å². The van der Waals surface area contributed by atoms with Gasteiger partial charge >= 0.3 is 5.97 Å². The molecule has 7 nitrogen and oxygen atoms in total. The summed E-state index contributed by atoms with van der Waals surface area (Å²) in [5.41, 5.74) is 1.57. The van der Waals surface area contributed by atoms with Gasteiger partial charge in [0.05, 0.1) is 24.1 Å². The van der Waals surface area contributed by atoms with Crippen LogP contribution in [0.25, 0.3) is 0 Å². The van der Waals surface area contributed by atoms with Crippen LogP contribution in [0.3, 0.4) is 0 Å². The van der Waals surface area contributed by atoms with Crippen LogP contribution in [0.1, 0.15) is 22.8 Å². The summed E-state index contributed by atoms with van der Waals surface area (Å²) in [5, 5.41) is 13.9. The van der Waals surface area contributed by atoms with Gasteiger partial charge in [-0.3, -0.25) is 0 Å². The molecule has 0 unspecified atom stereocenters. The minimum absolute atomic E-state index is 0.241. The van der Waals surface area contributed by atoms with Gasteiger partial charge in [0.2, 0.25) is 5.95 Å². The van der Waals surface area contributed by atoms with Crippen LogP contribution >= 0.6 is 0 Å². The number of carbonyl (C=O) groups is 1. The van der Waals surface area contributed by atoms with Gasteiger partial charge in [0.15, 0.2) is 5.82 Å². The lowest BCUT2D eigenvalue weighted by Gasteiger charge is -2.11. The van der Waals surface area contributed by atoms with Crippen molar-refractivity contribution >= 4 is 23.4 Å². The molecule has 3 rings (SSSR count). The Morgan fingerprint density at radius 3 is 2.75 bits per heavy atom. The van der Waals surface area contributed by atoms with E-state index >= 15 is 0 Å². The second kappa shape index (κ2) is 9.40. The summed E-state index contributed by atoms with van der Waals surface area (Å²) in [7, 11) is 0. The number of para-hydroxylation sites is 1. The monoisotopic (exact) mass is 381 g/mol. The molecule has 0 aliphatic heterocycles. The van der Waals surface area contributed by atoms with Gasteiger partial charge in [0, 0.05) is 6.54 Å². The highest BCUT2D eigenvalue weighted by atomic mass is 19.1. The fourth-order valence-electron chi connectivity index (χ4n) is 2.57. The fourth-order valence-corrected chi connectivity index (χ4v) is 2.57. The van der Waals surface area contributed by atoms with Crippen LogP contribution in [-0.2, 0) is 11.2 Å². The summed E-state index contributed by atoms with van der Waals surface area (Å²) in [5.74, 6) is 0.0558. The third-order valence-corrected chi connectivity index (χ3v) is 3.88. The molecule has 8 heteroatoms. The van der Waals surface area contributed by atoms with E-state index in [0.717, 1.165) is 0 Å². The van der Waals surface area contributed by atoms with E-state index in [1.54, 1.807) is 49.4 Å². The van der Waals surface area contributed by atoms with Crippen molar-refractivity contribution in [2.24, 2.45) is 0 Å². The minimum Gasteiger partial charge on any atom is -0.462 e. The number of hydrogen-bond acceptors (Lipinski definition) is 7. The maximum Gasteiger partial charge on any atom is 0.340 e. The van der Waals surface area contributed by atoms with Gasteiger partial charge in [-0.2, -0.15) is 10.1 Å². The van der Waals surface area contributed by atoms with Crippen LogP contribution in [0.2, 0.25) is 0 Å². The first-order valence-corrected chi connectivity index (χ1v) is 8.87. The first-order chi connectivity index (χ1) is 13.7. The summed E-state index contributed by atoms with van der Waals surface area (Å²) in [6, 6.07) is 13.6. The van der Waals surface area contributed by atoms with Crippen molar-refractivity contribution in [2.75, 3.05) is 23.8 Å². The van der Waals surface area contributed by atoms with E-state index < -0.39 is 5.97 Å². The molecule has 1 heterocycles. The number of nitrogens with zero attached hydrogens (tertiary/aromatic N) is 3. The van der Waals surface area contributed by atoms with Crippen molar-refractivity contribution in [3.05, 3.63) is 71.7 Å². The average Bonchev–Trinajstić information content (AvgIpc) is 2.70. The van der Waals surface area contributed by atoms with Crippen LogP contribution in [0, 0.1) is 5.82 Å². The molecule has 2 N–H and O–H groups in total. The van der Waals surface area contributed by atoms with E-state index in [4.69, 9.17) is 4.74 Å².